The van der Waals surface area contributed by atoms with Crippen molar-refractivity contribution in [2.75, 3.05) is 38.8 Å². The van der Waals surface area contributed by atoms with Crippen molar-refractivity contribution >= 4 is 5.69 Å². The number of rotatable bonds is 8. The zero-order chi connectivity index (χ0) is 14.5. The van der Waals surface area contributed by atoms with Crippen LogP contribution in [0.2, 0.25) is 0 Å². The maximum atomic E-state index is 5.04. The van der Waals surface area contributed by atoms with Crippen molar-refractivity contribution in [1.82, 2.24) is 5.32 Å². The topological polar surface area (TPSA) is 24.5 Å². The minimum Gasteiger partial charge on any atom is -0.383 e. The molecule has 0 radical (unpaired) electrons. The normalized spacial score (nSPS) is 21.0. The highest BCUT2D eigenvalue weighted by molar-refractivity contribution is 5.50. The number of nitrogens with one attached hydrogen (secondary N) is 1. The number of nitrogens with zero attached hydrogens (tertiary/aromatic N) is 1. The molecule has 0 saturated heterocycles. The summed E-state index contributed by atoms with van der Waals surface area (Å²) in [4.78, 5) is 2.39. The Labute approximate surface area is 123 Å². The standard InChI is InChI=1S/C17H28N2O/c1-13-9-16(13)12-19(3)17-6-5-15(14(2)10-17)11-18-7-8-20-4/h5-6,10,13,16,18H,7-9,11-12H2,1-4H3. The molecule has 1 aromatic carbocycles. The van der Waals surface area contributed by atoms with Crippen LogP contribution in [0.25, 0.3) is 0 Å². The summed E-state index contributed by atoms with van der Waals surface area (Å²) in [6.07, 6.45) is 1.39. The second kappa shape index (κ2) is 7.09. The first-order valence-electron chi connectivity index (χ1n) is 7.62. The van der Waals surface area contributed by atoms with Gasteiger partial charge in [0.05, 0.1) is 6.61 Å². The van der Waals surface area contributed by atoms with Crippen LogP contribution in [0.3, 0.4) is 0 Å². The van der Waals surface area contributed by atoms with Crippen LogP contribution in [0.15, 0.2) is 18.2 Å². The van der Waals surface area contributed by atoms with E-state index in [9.17, 15) is 0 Å². The zero-order valence-corrected chi connectivity index (χ0v) is 13.3. The van der Waals surface area contributed by atoms with Crippen molar-refractivity contribution in [3.05, 3.63) is 29.3 Å². The number of anilines is 1. The van der Waals surface area contributed by atoms with Gasteiger partial charge >= 0.3 is 0 Å². The van der Waals surface area contributed by atoms with Gasteiger partial charge in [0.25, 0.3) is 0 Å². The van der Waals surface area contributed by atoms with Crippen molar-refractivity contribution in [2.45, 2.75) is 26.8 Å². The Kier molecular flexibility index (Phi) is 5.44. The van der Waals surface area contributed by atoms with Gasteiger partial charge in [0.2, 0.25) is 0 Å². The average Bonchev–Trinajstić information content (AvgIpc) is 3.11. The molecule has 1 fully saturated rings. The SMILES string of the molecule is COCCNCc1ccc(N(C)CC2CC2C)cc1C. The first-order valence-corrected chi connectivity index (χ1v) is 7.62. The van der Waals surface area contributed by atoms with Crippen LogP contribution in [-0.4, -0.2) is 33.9 Å². The number of methoxy groups -OCH3 is 1. The second-order valence-corrected chi connectivity index (χ2v) is 6.13. The molecule has 3 nitrogen and oxygen atoms in total. The Morgan fingerprint density at radius 2 is 2.15 bits per heavy atom. The van der Waals surface area contributed by atoms with Gasteiger partial charge in [-0.2, -0.15) is 0 Å². The third-order valence-electron chi connectivity index (χ3n) is 4.35. The fourth-order valence-electron chi connectivity index (χ4n) is 2.62. The molecular formula is C17H28N2O. The van der Waals surface area contributed by atoms with E-state index in [4.69, 9.17) is 4.74 Å². The third kappa shape index (κ3) is 4.22. The van der Waals surface area contributed by atoms with Gasteiger partial charge in [0.15, 0.2) is 0 Å². The lowest BCUT2D eigenvalue weighted by Gasteiger charge is -2.21. The maximum absolute atomic E-state index is 5.04. The van der Waals surface area contributed by atoms with Gasteiger partial charge in [0, 0.05) is 39.5 Å². The molecule has 0 aliphatic heterocycles. The van der Waals surface area contributed by atoms with Crippen LogP contribution < -0.4 is 10.2 Å². The van der Waals surface area contributed by atoms with Crippen LogP contribution in [0, 0.1) is 18.8 Å². The van der Waals surface area contributed by atoms with E-state index >= 15 is 0 Å². The molecule has 1 aliphatic carbocycles. The Balaban J connectivity index is 1.87. The van der Waals surface area contributed by atoms with E-state index in [1.165, 1.54) is 29.8 Å². The molecule has 3 heteroatoms. The smallest absolute Gasteiger partial charge is 0.0587 e. The van der Waals surface area contributed by atoms with Crippen molar-refractivity contribution in [1.29, 1.82) is 0 Å². The molecule has 2 unspecified atom stereocenters. The minimum atomic E-state index is 0.763. The van der Waals surface area contributed by atoms with E-state index < -0.39 is 0 Å². The van der Waals surface area contributed by atoms with Crippen LogP contribution in [-0.2, 0) is 11.3 Å². The quantitative estimate of drug-likeness (QED) is 0.739. The molecule has 1 aliphatic rings. The van der Waals surface area contributed by atoms with E-state index in [0.717, 1.165) is 31.5 Å². The summed E-state index contributed by atoms with van der Waals surface area (Å²) in [5.74, 6) is 1.82. The fraction of sp³-hybridized carbons (Fsp3) is 0.647. The molecule has 1 N–H and O–H groups in total. The number of hydrogen-bond acceptors (Lipinski definition) is 3. The number of benzene rings is 1. The molecule has 0 heterocycles. The van der Waals surface area contributed by atoms with E-state index in [1.807, 2.05) is 0 Å². The van der Waals surface area contributed by atoms with Crippen molar-refractivity contribution in [2.24, 2.45) is 11.8 Å². The van der Waals surface area contributed by atoms with Gasteiger partial charge < -0.3 is 15.0 Å². The van der Waals surface area contributed by atoms with E-state index in [0.29, 0.717) is 0 Å². The van der Waals surface area contributed by atoms with Crippen molar-refractivity contribution in [3.63, 3.8) is 0 Å². The summed E-state index contributed by atoms with van der Waals surface area (Å²) >= 11 is 0. The number of aryl methyl sites for hydroxylation is 1. The van der Waals surface area contributed by atoms with Gasteiger partial charge in [-0.25, -0.2) is 0 Å². The van der Waals surface area contributed by atoms with E-state index in [-0.39, 0.29) is 0 Å². The Hall–Kier alpha value is -1.06. The Morgan fingerprint density at radius 3 is 2.75 bits per heavy atom. The van der Waals surface area contributed by atoms with E-state index in [2.05, 4.69) is 49.3 Å². The lowest BCUT2D eigenvalue weighted by atomic mass is 10.1. The van der Waals surface area contributed by atoms with Gasteiger partial charge in [-0.05, 0) is 48.4 Å². The summed E-state index contributed by atoms with van der Waals surface area (Å²) < 4.78 is 5.04. The second-order valence-electron chi connectivity index (χ2n) is 6.13. The zero-order valence-electron chi connectivity index (χ0n) is 13.3. The third-order valence-corrected chi connectivity index (χ3v) is 4.35. The molecule has 112 valence electrons. The maximum Gasteiger partial charge on any atom is 0.0587 e. The molecule has 20 heavy (non-hydrogen) atoms. The molecule has 0 aromatic heterocycles. The lowest BCUT2D eigenvalue weighted by Crippen LogP contribution is -2.21. The van der Waals surface area contributed by atoms with Crippen LogP contribution in [0.4, 0.5) is 5.69 Å². The minimum absolute atomic E-state index is 0.763. The van der Waals surface area contributed by atoms with Gasteiger partial charge in [-0.15, -0.1) is 0 Å². The molecule has 2 atom stereocenters. The molecule has 1 saturated carbocycles. The molecule has 0 amide bonds. The van der Waals surface area contributed by atoms with Crippen LogP contribution >= 0.6 is 0 Å². The average molecular weight is 276 g/mol. The van der Waals surface area contributed by atoms with E-state index in [1.54, 1.807) is 7.11 Å². The van der Waals surface area contributed by atoms with Gasteiger partial charge in [-0.3, -0.25) is 0 Å². The highest BCUT2D eigenvalue weighted by Crippen LogP contribution is 2.38. The molecule has 0 spiro atoms. The highest BCUT2D eigenvalue weighted by atomic mass is 16.5. The predicted octanol–water partition coefficient (Wildman–Crippen LogP) is 2.82. The number of hydrogen-bond donors (Lipinski definition) is 1. The highest BCUT2D eigenvalue weighted by Gasteiger charge is 2.33. The van der Waals surface area contributed by atoms with Gasteiger partial charge in [-0.1, -0.05) is 13.0 Å². The first kappa shape index (κ1) is 15.3. The van der Waals surface area contributed by atoms with Crippen LogP contribution in [0.1, 0.15) is 24.5 Å². The largest absolute Gasteiger partial charge is 0.383 e. The molecular weight excluding hydrogens is 248 g/mol. The van der Waals surface area contributed by atoms with Crippen molar-refractivity contribution in [3.8, 4) is 0 Å². The van der Waals surface area contributed by atoms with Crippen molar-refractivity contribution < 1.29 is 4.74 Å². The summed E-state index contributed by atoms with van der Waals surface area (Å²) in [6, 6.07) is 6.80. The lowest BCUT2D eigenvalue weighted by molar-refractivity contribution is 0.199. The van der Waals surface area contributed by atoms with Gasteiger partial charge in [0.1, 0.15) is 0 Å². The monoisotopic (exact) mass is 276 g/mol. The predicted molar refractivity (Wildman–Crippen MR) is 85.3 cm³/mol. The summed E-state index contributed by atoms with van der Waals surface area (Å²) in [5, 5.41) is 3.40. The molecule has 1 aromatic rings. The van der Waals surface area contributed by atoms with Crippen LogP contribution in [0.5, 0.6) is 0 Å². The Bertz CT molecular complexity index is 433. The summed E-state index contributed by atoms with van der Waals surface area (Å²) in [6.45, 7) is 8.31. The Morgan fingerprint density at radius 1 is 1.40 bits per heavy atom. The fourth-order valence-corrected chi connectivity index (χ4v) is 2.62. The first-order chi connectivity index (χ1) is 9.61. The molecule has 0 bridgehead atoms. The summed E-state index contributed by atoms with van der Waals surface area (Å²) in [7, 11) is 3.94. The summed E-state index contributed by atoms with van der Waals surface area (Å²) in [5.41, 5.74) is 4.07. The molecule has 2 rings (SSSR count). The number of ether oxygens (including phenoxy) is 1.